The topological polar surface area (TPSA) is 58.2 Å². The number of nitrogens with one attached hydrogen (secondary N) is 2. The number of benzene rings is 2. The van der Waals surface area contributed by atoms with E-state index in [4.69, 9.17) is 11.6 Å². The van der Waals surface area contributed by atoms with E-state index in [-0.39, 0.29) is 17.7 Å². The molecule has 0 saturated heterocycles. The lowest BCUT2D eigenvalue weighted by Crippen LogP contribution is -2.23. The number of hydrogen-bond acceptors (Lipinski definition) is 2. The van der Waals surface area contributed by atoms with Crippen LogP contribution in [0.15, 0.2) is 48.5 Å². The lowest BCUT2D eigenvalue weighted by molar-refractivity contribution is -0.117. The van der Waals surface area contributed by atoms with Gasteiger partial charge in [-0.1, -0.05) is 29.8 Å². The molecule has 0 bridgehead atoms. The summed E-state index contributed by atoms with van der Waals surface area (Å²) >= 11 is 5.92. The Hall–Kier alpha value is -2.33. The molecular weight excluding hydrogens is 312 g/mol. The van der Waals surface area contributed by atoms with E-state index in [1.165, 1.54) is 0 Å². The Morgan fingerprint density at radius 3 is 2.61 bits per heavy atom. The van der Waals surface area contributed by atoms with Crippen LogP contribution in [0, 0.1) is 5.92 Å². The molecule has 2 amide bonds. The Morgan fingerprint density at radius 1 is 1.09 bits per heavy atom. The molecule has 2 N–H and O–H groups in total. The molecule has 0 heterocycles. The number of hydrogen-bond donors (Lipinski definition) is 2. The Morgan fingerprint density at radius 2 is 1.87 bits per heavy atom. The van der Waals surface area contributed by atoms with Gasteiger partial charge < -0.3 is 10.6 Å². The van der Waals surface area contributed by atoms with Gasteiger partial charge in [0.05, 0.1) is 0 Å². The number of rotatable bonds is 5. The normalized spacial score (nSPS) is 13.4. The van der Waals surface area contributed by atoms with Crippen molar-refractivity contribution in [1.29, 1.82) is 0 Å². The number of carbonyl (C=O) groups excluding carboxylic acids is 2. The van der Waals surface area contributed by atoms with Crippen LogP contribution in [0.5, 0.6) is 0 Å². The average Bonchev–Trinajstić information content (AvgIpc) is 3.38. The Bertz CT molecular complexity index is 741. The van der Waals surface area contributed by atoms with Crippen LogP contribution in [0.2, 0.25) is 5.02 Å². The molecule has 0 spiro atoms. The Balaban J connectivity index is 1.61. The molecule has 1 aliphatic carbocycles. The highest BCUT2D eigenvalue weighted by molar-refractivity contribution is 6.30. The Labute approximate surface area is 139 Å². The van der Waals surface area contributed by atoms with Crippen LogP contribution in [0.25, 0.3) is 0 Å². The first-order valence-electron chi connectivity index (χ1n) is 7.55. The summed E-state index contributed by atoms with van der Waals surface area (Å²) in [4.78, 5) is 24.0. The van der Waals surface area contributed by atoms with E-state index in [0.717, 1.165) is 18.4 Å². The van der Waals surface area contributed by atoms with Gasteiger partial charge in [0, 0.05) is 28.7 Å². The maximum atomic E-state index is 12.2. The zero-order valence-corrected chi connectivity index (χ0v) is 13.3. The SMILES string of the molecule is O=C(NCc1cccc(Cl)c1)c1cccc(NC(=O)C2CC2)c1. The molecule has 0 aliphatic heterocycles. The summed E-state index contributed by atoms with van der Waals surface area (Å²) in [6.45, 7) is 0.401. The molecule has 1 fully saturated rings. The van der Waals surface area contributed by atoms with Gasteiger partial charge in [-0.2, -0.15) is 0 Å². The van der Waals surface area contributed by atoms with Crippen molar-refractivity contribution in [3.63, 3.8) is 0 Å². The van der Waals surface area contributed by atoms with Crippen LogP contribution in [0.1, 0.15) is 28.8 Å². The van der Waals surface area contributed by atoms with Gasteiger partial charge in [-0.25, -0.2) is 0 Å². The van der Waals surface area contributed by atoms with Gasteiger partial charge in [0.15, 0.2) is 0 Å². The van der Waals surface area contributed by atoms with Crippen molar-refractivity contribution in [2.45, 2.75) is 19.4 Å². The smallest absolute Gasteiger partial charge is 0.251 e. The molecule has 3 rings (SSSR count). The molecule has 5 heteroatoms. The van der Waals surface area contributed by atoms with Crippen molar-refractivity contribution < 1.29 is 9.59 Å². The van der Waals surface area contributed by atoms with E-state index in [1.807, 2.05) is 18.2 Å². The number of halogens is 1. The molecule has 1 aliphatic rings. The second-order valence-electron chi connectivity index (χ2n) is 5.66. The highest BCUT2D eigenvalue weighted by Gasteiger charge is 2.29. The zero-order chi connectivity index (χ0) is 16.2. The molecule has 0 aromatic heterocycles. The minimum atomic E-state index is -0.188. The van der Waals surface area contributed by atoms with Crippen LogP contribution >= 0.6 is 11.6 Å². The Kier molecular flexibility index (Phi) is 4.63. The van der Waals surface area contributed by atoms with Crippen molar-refractivity contribution in [2.75, 3.05) is 5.32 Å². The average molecular weight is 329 g/mol. The van der Waals surface area contributed by atoms with Crippen molar-refractivity contribution in [2.24, 2.45) is 5.92 Å². The molecule has 0 atom stereocenters. The third-order valence-corrected chi connectivity index (χ3v) is 3.92. The quantitative estimate of drug-likeness (QED) is 0.880. The van der Waals surface area contributed by atoms with Crippen molar-refractivity contribution >= 4 is 29.1 Å². The molecule has 4 nitrogen and oxygen atoms in total. The molecule has 0 unspecified atom stereocenters. The second-order valence-corrected chi connectivity index (χ2v) is 6.09. The van der Waals surface area contributed by atoms with Crippen LogP contribution < -0.4 is 10.6 Å². The molecule has 2 aromatic rings. The first-order valence-corrected chi connectivity index (χ1v) is 7.93. The summed E-state index contributed by atoms with van der Waals surface area (Å²) in [7, 11) is 0. The lowest BCUT2D eigenvalue weighted by atomic mass is 10.1. The number of carbonyl (C=O) groups is 2. The minimum absolute atomic E-state index is 0.0292. The fourth-order valence-corrected chi connectivity index (χ4v) is 2.47. The molecule has 0 radical (unpaired) electrons. The van der Waals surface area contributed by atoms with Gasteiger partial charge >= 0.3 is 0 Å². The largest absolute Gasteiger partial charge is 0.348 e. The number of anilines is 1. The van der Waals surface area contributed by atoms with Gasteiger partial charge in [0.2, 0.25) is 5.91 Å². The van der Waals surface area contributed by atoms with Gasteiger partial charge in [0.25, 0.3) is 5.91 Å². The summed E-state index contributed by atoms with van der Waals surface area (Å²) in [6, 6.07) is 14.3. The fraction of sp³-hybridized carbons (Fsp3) is 0.222. The van der Waals surface area contributed by atoms with E-state index in [2.05, 4.69) is 10.6 Å². The summed E-state index contributed by atoms with van der Waals surface area (Å²) in [5.74, 6) is -0.0238. The summed E-state index contributed by atoms with van der Waals surface area (Å²) in [6.07, 6.45) is 1.90. The second kappa shape index (κ2) is 6.84. The van der Waals surface area contributed by atoms with Gasteiger partial charge in [-0.15, -0.1) is 0 Å². The standard InChI is InChI=1S/C18H17ClN2O2/c19-15-5-1-3-12(9-15)11-20-17(22)14-4-2-6-16(10-14)21-18(23)13-7-8-13/h1-6,9-10,13H,7-8,11H2,(H,20,22)(H,21,23). The monoisotopic (exact) mass is 328 g/mol. The van der Waals surface area contributed by atoms with E-state index in [1.54, 1.807) is 30.3 Å². The highest BCUT2D eigenvalue weighted by Crippen LogP contribution is 2.30. The first kappa shape index (κ1) is 15.6. The molecule has 2 aromatic carbocycles. The van der Waals surface area contributed by atoms with Crippen LogP contribution in [-0.4, -0.2) is 11.8 Å². The maximum absolute atomic E-state index is 12.2. The van der Waals surface area contributed by atoms with Crippen molar-refractivity contribution in [3.8, 4) is 0 Å². The van der Waals surface area contributed by atoms with Crippen LogP contribution in [-0.2, 0) is 11.3 Å². The van der Waals surface area contributed by atoms with Crippen LogP contribution in [0.3, 0.4) is 0 Å². The van der Waals surface area contributed by atoms with Gasteiger partial charge in [-0.05, 0) is 48.7 Å². The van der Waals surface area contributed by atoms with Gasteiger partial charge in [-0.3, -0.25) is 9.59 Å². The third-order valence-electron chi connectivity index (χ3n) is 3.68. The lowest BCUT2D eigenvalue weighted by Gasteiger charge is -2.08. The van der Waals surface area contributed by atoms with E-state index in [0.29, 0.717) is 22.8 Å². The summed E-state index contributed by atoms with van der Waals surface area (Å²) in [5, 5.41) is 6.33. The zero-order valence-electron chi connectivity index (χ0n) is 12.5. The van der Waals surface area contributed by atoms with E-state index in [9.17, 15) is 9.59 Å². The molecular formula is C18H17ClN2O2. The predicted octanol–water partition coefficient (Wildman–Crippen LogP) is 3.62. The van der Waals surface area contributed by atoms with Crippen molar-refractivity contribution in [3.05, 3.63) is 64.7 Å². The van der Waals surface area contributed by atoms with E-state index < -0.39 is 0 Å². The minimum Gasteiger partial charge on any atom is -0.348 e. The predicted molar refractivity (Wildman–Crippen MR) is 90.4 cm³/mol. The van der Waals surface area contributed by atoms with E-state index >= 15 is 0 Å². The third kappa shape index (κ3) is 4.33. The summed E-state index contributed by atoms with van der Waals surface area (Å²) < 4.78 is 0. The first-order chi connectivity index (χ1) is 11.1. The number of amides is 2. The molecule has 1 saturated carbocycles. The summed E-state index contributed by atoms with van der Waals surface area (Å²) in [5.41, 5.74) is 2.10. The maximum Gasteiger partial charge on any atom is 0.251 e. The molecule has 118 valence electrons. The van der Waals surface area contributed by atoms with Gasteiger partial charge in [0.1, 0.15) is 0 Å². The van der Waals surface area contributed by atoms with Crippen LogP contribution in [0.4, 0.5) is 5.69 Å². The fourth-order valence-electron chi connectivity index (χ4n) is 2.26. The van der Waals surface area contributed by atoms with Crippen molar-refractivity contribution in [1.82, 2.24) is 5.32 Å². The highest BCUT2D eigenvalue weighted by atomic mass is 35.5. The molecule has 23 heavy (non-hydrogen) atoms.